The first-order valence-electron chi connectivity index (χ1n) is 6.22. The topological polar surface area (TPSA) is 39.6 Å². The molecule has 112 valence electrons. The number of hydrogen-bond acceptors (Lipinski definition) is 4. The molecule has 1 aliphatic heterocycles. The van der Waals surface area contributed by atoms with Crippen LogP contribution in [-0.2, 0) is 6.18 Å². The lowest BCUT2D eigenvalue weighted by atomic mass is 10.2. The molecule has 8 heteroatoms. The van der Waals surface area contributed by atoms with Crippen molar-refractivity contribution in [2.45, 2.75) is 6.18 Å². The third kappa shape index (κ3) is 3.62. The molecule has 2 rings (SSSR count). The Labute approximate surface area is 123 Å². The number of rotatable bonds is 3. The van der Waals surface area contributed by atoms with Crippen LogP contribution in [0.4, 0.5) is 19.0 Å². The highest BCUT2D eigenvalue weighted by atomic mass is 79.9. The first-order chi connectivity index (χ1) is 9.41. The monoisotopic (exact) mass is 353 g/mol. The molecule has 1 aromatic heterocycles. The smallest absolute Gasteiger partial charge is 0.395 e. The molecule has 0 bridgehead atoms. The molecule has 0 spiro atoms. The molecule has 0 radical (unpaired) electrons. The SMILES string of the molecule is OCCN1CCN(c2ncc(C(F)(F)F)cc2Br)CC1. The lowest BCUT2D eigenvalue weighted by Gasteiger charge is -2.35. The van der Waals surface area contributed by atoms with Crippen molar-refractivity contribution in [3.8, 4) is 0 Å². The predicted molar refractivity (Wildman–Crippen MR) is 72.7 cm³/mol. The fourth-order valence-corrected chi connectivity index (χ4v) is 2.74. The van der Waals surface area contributed by atoms with Crippen LogP contribution < -0.4 is 4.90 Å². The number of alkyl halides is 3. The molecule has 0 aliphatic carbocycles. The van der Waals surface area contributed by atoms with E-state index in [2.05, 4.69) is 25.8 Å². The molecule has 20 heavy (non-hydrogen) atoms. The van der Waals surface area contributed by atoms with Crippen molar-refractivity contribution in [2.75, 3.05) is 44.2 Å². The summed E-state index contributed by atoms with van der Waals surface area (Å²) in [4.78, 5) is 7.98. The van der Waals surface area contributed by atoms with Crippen molar-refractivity contribution in [1.29, 1.82) is 0 Å². The average Bonchev–Trinajstić information content (AvgIpc) is 2.39. The van der Waals surface area contributed by atoms with Gasteiger partial charge >= 0.3 is 6.18 Å². The fraction of sp³-hybridized carbons (Fsp3) is 0.583. The van der Waals surface area contributed by atoms with E-state index in [1.54, 1.807) is 0 Å². The van der Waals surface area contributed by atoms with E-state index in [1.165, 1.54) is 0 Å². The highest BCUT2D eigenvalue weighted by molar-refractivity contribution is 9.10. The Balaban J connectivity index is 2.07. The van der Waals surface area contributed by atoms with Crippen LogP contribution in [0.2, 0.25) is 0 Å². The van der Waals surface area contributed by atoms with Gasteiger partial charge in [-0.15, -0.1) is 0 Å². The Bertz CT molecular complexity index is 462. The summed E-state index contributed by atoms with van der Waals surface area (Å²) in [5.74, 6) is 0.529. The largest absolute Gasteiger partial charge is 0.417 e. The van der Waals surface area contributed by atoms with Crippen molar-refractivity contribution in [2.24, 2.45) is 0 Å². The minimum Gasteiger partial charge on any atom is -0.395 e. The zero-order valence-corrected chi connectivity index (χ0v) is 12.3. The summed E-state index contributed by atoms with van der Waals surface area (Å²) in [7, 11) is 0. The normalized spacial score (nSPS) is 17.6. The van der Waals surface area contributed by atoms with E-state index < -0.39 is 11.7 Å². The van der Waals surface area contributed by atoms with Gasteiger partial charge in [-0.1, -0.05) is 0 Å². The van der Waals surface area contributed by atoms with Gasteiger partial charge in [0.1, 0.15) is 5.82 Å². The van der Waals surface area contributed by atoms with Crippen LogP contribution in [0.5, 0.6) is 0 Å². The summed E-state index contributed by atoms with van der Waals surface area (Å²) in [5, 5.41) is 8.87. The second kappa shape index (κ2) is 6.28. The Morgan fingerprint density at radius 2 is 1.90 bits per heavy atom. The van der Waals surface area contributed by atoms with Gasteiger partial charge in [-0.05, 0) is 22.0 Å². The third-order valence-corrected chi connectivity index (χ3v) is 3.82. The van der Waals surface area contributed by atoms with Crippen LogP contribution in [0.1, 0.15) is 5.56 Å². The number of hydrogen-bond donors (Lipinski definition) is 1. The molecule has 2 heterocycles. The molecule has 0 aromatic carbocycles. The summed E-state index contributed by atoms with van der Waals surface area (Å²) in [5.41, 5.74) is -0.757. The van der Waals surface area contributed by atoms with Crippen molar-refractivity contribution in [3.05, 3.63) is 22.3 Å². The van der Waals surface area contributed by atoms with Gasteiger partial charge < -0.3 is 10.0 Å². The maximum atomic E-state index is 12.6. The van der Waals surface area contributed by atoms with E-state index in [0.717, 1.165) is 25.4 Å². The second-order valence-corrected chi connectivity index (χ2v) is 5.43. The van der Waals surface area contributed by atoms with Gasteiger partial charge in [-0.2, -0.15) is 13.2 Å². The van der Waals surface area contributed by atoms with Crippen molar-refractivity contribution >= 4 is 21.7 Å². The predicted octanol–water partition coefficient (Wildman–Crippen LogP) is 1.98. The van der Waals surface area contributed by atoms with E-state index in [4.69, 9.17) is 5.11 Å². The number of halogens is 4. The number of aliphatic hydroxyl groups excluding tert-OH is 1. The summed E-state index contributed by atoms with van der Waals surface area (Å²) in [6.07, 6.45) is -3.52. The molecule has 1 N–H and O–H groups in total. The van der Waals surface area contributed by atoms with Gasteiger partial charge in [-0.3, -0.25) is 4.90 Å². The molecule has 0 amide bonds. The van der Waals surface area contributed by atoms with E-state index in [-0.39, 0.29) is 6.61 Å². The average molecular weight is 354 g/mol. The number of β-amino-alcohol motifs (C(OH)–C–C–N with tert-alkyl or cyclic N) is 1. The van der Waals surface area contributed by atoms with Crippen LogP contribution in [0.15, 0.2) is 16.7 Å². The zero-order chi connectivity index (χ0) is 14.8. The van der Waals surface area contributed by atoms with Gasteiger partial charge in [0.05, 0.1) is 16.6 Å². The van der Waals surface area contributed by atoms with Gasteiger partial charge in [0, 0.05) is 38.9 Å². The molecule has 0 saturated carbocycles. The third-order valence-electron chi connectivity index (χ3n) is 3.24. The number of pyridine rings is 1. The van der Waals surface area contributed by atoms with E-state index in [1.807, 2.05) is 4.90 Å². The van der Waals surface area contributed by atoms with Gasteiger partial charge in [0.15, 0.2) is 0 Å². The maximum absolute atomic E-state index is 12.6. The standard InChI is InChI=1S/C12H15BrF3N3O/c13-10-7-9(12(14,15)16)8-17-11(10)19-3-1-18(2-4-19)5-6-20/h7-8,20H,1-6H2. The number of piperazine rings is 1. The quantitative estimate of drug-likeness (QED) is 0.901. The summed E-state index contributed by atoms with van der Waals surface area (Å²) >= 11 is 3.16. The molecular weight excluding hydrogens is 339 g/mol. The first kappa shape index (κ1) is 15.5. The molecule has 0 atom stereocenters. The zero-order valence-electron chi connectivity index (χ0n) is 10.7. The van der Waals surface area contributed by atoms with Crippen LogP contribution in [0.3, 0.4) is 0 Å². The minimum atomic E-state index is -4.38. The fourth-order valence-electron chi connectivity index (χ4n) is 2.14. The Morgan fingerprint density at radius 3 is 2.40 bits per heavy atom. The Kier molecular flexibility index (Phi) is 4.87. The Morgan fingerprint density at radius 1 is 1.25 bits per heavy atom. The highest BCUT2D eigenvalue weighted by Gasteiger charge is 2.32. The van der Waals surface area contributed by atoms with Crippen LogP contribution in [0, 0.1) is 0 Å². The molecule has 4 nitrogen and oxygen atoms in total. The minimum absolute atomic E-state index is 0.113. The van der Waals surface area contributed by atoms with Crippen LogP contribution >= 0.6 is 15.9 Å². The number of nitrogens with zero attached hydrogens (tertiary/aromatic N) is 3. The highest BCUT2D eigenvalue weighted by Crippen LogP contribution is 2.33. The Hall–Kier alpha value is -0.860. The molecule has 1 aromatic rings. The van der Waals surface area contributed by atoms with Gasteiger partial charge in [-0.25, -0.2) is 4.98 Å². The van der Waals surface area contributed by atoms with Crippen LogP contribution in [-0.4, -0.2) is 54.3 Å². The van der Waals surface area contributed by atoms with Crippen molar-refractivity contribution in [1.82, 2.24) is 9.88 Å². The molecular formula is C12H15BrF3N3O. The molecule has 1 aliphatic rings. The summed E-state index contributed by atoms with van der Waals surface area (Å²) < 4.78 is 38.1. The summed E-state index contributed by atoms with van der Waals surface area (Å²) in [6.45, 7) is 3.61. The maximum Gasteiger partial charge on any atom is 0.417 e. The van der Waals surface area contributed by atoms with Gasteiger partial charge in [0.2, 0.25) is 0 Å². The lowest BCUT2D eigenvalue weighted by molar-refractivity contribution is -0.137. The summed E-state index contributed by atoms with van der Waals surface area (Å²) in [6, 6.07) is 1.06. The molecule has 1 fully saturated rings. The van der Waals surface area contributed by atoms with Crippen molar-refractivity contribution < 1.29 is 18.3 Å². The van der Waals surface area contributed by atoms with Gasteiger partial charge in [0.25, 0.3) is 0 Å². The number of anilines is 1. The van der Waals surface area contributed by atoms with Crippen molar-refractivity contribution in [3.63, 3.8) is 0 Å². The molecule has 1 saturated heterocycles. The number of aliphatic hydroxyl groups is 1. The second-order valence-electron chi connectivity index (χ2n) is 4.58. The number of aromatic nitrogens is 1. The van der Waals surface area contributed by atoms with E-state index in [9.17, 15) is 13.2 Å². The van der Waals surface area contributed by atoms with E-state index >= 15 is 0 Å². The lowest BCUT2D eigenvalue weighted by Crippen LogP contribution is -2.47. The van der Waals surface area contributed by atoms with E-state index in [0.29, 0.717) is 29.9 Å². The first-order valence-corrected chi connectivity index (χ1v) is 7.02. The van der Waals surface area contributed by atoms with Crippen LogP contribution in [0.25, 0.3) is 0 Å². The molecule has 0 unspecified atom stereocenters.